The van der Waals surface area contributed by atoms with Gasteiger partial charge in [-0.25, -0.2) is 9.97 Å². The highest BCUT2D eigenvalue weighted by Crippen LogP contribution is 2.31. The van der Waals surface area contributed by atoms with E-state index in [-0.39, 0.29) is 11.9 Å². The van der Waals surface area contributed by atoms with Crippen molar-refractivity contribution in [1.29, 1.82) is 0 Å². The van der Waals surface area contributed by atoms with Crippen molar-refractivity contribution >= 4 is 23.6 Å². The number of hydrogen-bond donors (Lipinski definition) is 1. The maximum absolute atomic E-state index is 12.7. The monoisotopic (exact) mass is 431 g/mol. The number of carbonyl (C=O) groups is 1. The van der Waals surface area contributed by atoms with E-state index in [1.165, 1.54) is 17.3 Å². The third-order valence-electron chi connectivity index (χ3n) is 4.77. The molecule has 3 heterocycles. The lowest BCUT2D eigenvalue weighted by atomic mass is 10.1. The molecule has 8 nitrogen and oxygen atoms in total. The van der Waals surface area contributed by atoms with Crippen molar-refractivity contribution in [2.24, 2.45) is 0 Å². The summed E-state index contributed by atoms with van der Waals surface area (Å²) >= 11 is 1.32. The highest BCUT2D eigenvalue weighted by atomic mass is 32.2. The number of nitrogens with zero attached hydrogens (tertiary/aromatic N) is 6. The predicted octanol–water partition coefficient (Wildman–Crippen LogP) is 3.86. The molecule has 4 rings (SSSR count). The highest BCUT2D eigenvalue weighted by Gasteiger charge is 2.22. The molecule has 1 unspecified atom stereocenters. The number of carbonyl (C=O) groups excluding carboxylic acids is 1. The number of aryl methyl sites for hydroxylation is 2. The van der Waals surface area contributed by atoms with Gasteiger partial charge in [-0.3, -0.25) is 19.7 Å². The Kier molecular flexibility index (Phi) is 6.03. The van der Waals surface area contributed by atoms with Crippen LogP contribution in [0.2, 0.25) is 0 Å². The molecule has 0 aliphatic heterocycles. The fraction of sp³-hybridized carbons (Fsp3) is 0.182. The Bertz CT molecular complexity index is 1200. The SMILES string of the molecule is Cc1ccc(-n2c(SC(C)C(=O)Nc3ncccn3)nnc2-c2ccncc2)cc1C. The van der Waals surface area contributed by atoms with Crippen molar-refractivity contribution in [3.63, 3.8) is 0 Å². The molecule has 1 atom stereocenters. The lowest BCUT2D eigenvalue weighted by Crippen LogP contribution is -2.24. The minimum absolute atomic E-state index is 0.212. The van der Waals surface area contributed by atoms with E-state index in [9.17, 15) is 4.79 Å². The average Bonchev–Trinajstić information content (AvgIpc) is 3.20. The van der Waals surface area contributed by atoms with Gasteiger partial charge in [0.2, 0.25) is 11.9 Å². The van der Waals surface area contributed by atoms with Crippen LogP contribution in [0.5, 0.6) is 0 Å². The Balaban J connectivity index is 1.68. The van der Waals surface area contributed by atoms with Crippen LogP contribution in [0.15, 0.2) is 66.3 Å². The zero-order chi connectivity index (χ0) is 21.8. The Morgan fingerprint density at radius 1 is 1.00 bits per heavy atom. The van der Waals surface area contributed by atoms with Gasteiger partial charge in [-0.1, -0.05) is 17.8 Å². The van der Waals surface area contributed by atoms with Crippen molar-refractivity contribution in [2.45, 2.75) is 31.2 Å². The molecule has 1 amide bonds. The van der Waals surface area contributed by atoms with Gasteiger partial charge in [-0.05, 0) is 62.2 Å². The molecule has 0 fully saturated rings. The molecule has 9 heteroatoms. The average molecular weight is 432 g/mol. The van der Waals surface area contributed by atoms with Crippen LogP contribution in [0.25, 0.3) is 17.1 Å². The molecular weight excluding hydrogens is 410 g/mol. The molecule has 0 saturated heterocycles. The van der Waals surface area contributed by atoms with E-state index >= 15 is 0 Å². The topological polar surface area (TPSA) is 98.5 Å². The Morgan fingerprint density at radius 3 is 2.45 bits per heavy atom. The molecule has 0 radical (unpaired) electrons. The molecule has 0 bridgehead atoms. The summed E-state index contributed by atoms with van der Waals surface area (Å²) in [6, 6.07) is 11.7. The first-order chi connectivity index (χ1) is 15.0. The second-order valence-electron chi connectivity index (χ2n) is 6.97. The van der Waals surface area contributed by atoms with Crippen LogP contribution in [0.3, 0.4) is 0 Å². The molecule has 1 aromatic carbocycles. The van der Waals surface area contributed by atoms with E-state index < -0.39 is 5.25 Å². The van der Waals surface area contributed by atoms with Gasteiger partial charge >= 0.3 is 0 Å². The number of hydrogen-bond acceptors (Lipinski definition) is 7. The molecule has 4 aromatic rings. The van der Waals surface area contributed by atoms with Gasteiger partial charge in [0.25, 0.3) is 0 Å². The molecule has 0 aliphatic rings. The van der Waals surface area contributed by atoms with Gasteiger partial charge in [0.15, 0.2) is 11.0 Å². The number of anilines is 1. The summed E-state index contributed by atoms with van der Waals surface area (Å²) in [7, 11) is 0. The number of pyridine rings is 1. The fourth-order valence-electron chi connectivity index (χ4n) is 2.92. The number of benzene rings is 1. The van der Waals surface area contributed by atoms with E-state index in [0.29, 0.717) is 11.0 Å². The fourth-order valence-corrected chi connectivity index (χ4v) is 3.79. The minimum atomic E-state index is -0.441. The van der Waals surface area contributed by atoms with Gasteiger partial charge in [0, 0.05) is 30.4 Å². The first-order valence-corrected chi connectivity index (χ1v) is 10.6. The summed E-state index contributed by atoms with van der Waals surface area (Å²) in [6.45, 7) is 5.95. The highest BCUT2D eigenvalue weighted by molar-refractivity contribution is 8.00. The largest absolute Gasteiger partial charge is 0.294 e. The Morgan fingerprint density at radius 2 is 1.74 bits per heavy atom. The molecule has 31 heavy (non-hydrogen) atoms. The Hall–Kier alpha value is -3.59. The summed E-state index contributed by atoms with van der Waals surface area (Å²) < 4.78 is 1.97. The standard InChI is InChI=1S/C22H21N7OS/c1-14-5-6-18(13-15(14)2)29-19(17-7-11-23-12-8-17)27-28-22(29)31-16(3)20(30)26-21-24-9-4-10-25-21/h4-13,16H,1-3H3,(H,24,25,26,30). The molecule has 156 valence electrons. The summed E-state index contributed by atoms with van der Waals surface area (Å²) in [6.07, 6.45) is 6.60. The van der Waals surface area contributed by atoms with E-state index in [4.69, 9.17) is 0 Å². The summed E-state index contributed by atoms with van der Waals surface area (Å²) in [4.78, 5) is 24.8. The predicted molar refractivity (Wildman–Crippen MR) is 120 cm³/mol. The first-order valence-electron chi connectivity index (χ1n) is 9.71. The van der Waals surface area contributed by atoms with Crippen molar-refractivity contribution < 1.29 is 4.79 Å². The van der Waals surface area contributed by atoms with Gasteiger partial charge in [0.1, 0.15) is 0 Å². The quantitative estimate of drug-likeness (QED) is 0.463. The molecule has 0 spiro atoms. The summed E-state index contributed by atoms with van der Waals surface area (Å²) in [5.74, 6) is 0.747. The van der Waals surface area contributed by atoms with E-state index in [0.717, 1.165) is 16.8 Å². The summed E-state index contributed by atoms with van der Waals surface area (Å²) in [5, 5.41) is 11.7. The second kappa shape index (κ2) is 9.05. The van der Waals surface area contributed by atoms with E-state index in [1.807, 2.05) is 29.7 Å². The lowest BCUT2D eigenvalue weighted by molar-refractivity contribution is -0.115. The van der Waals surface area contributed by atoms with Crippen molar-refractivity contribution in [1.82, 2.24) is 29.7 Å². The van der Waals surface area contributed by atoms with E-state index in [2.05, 4.69) is 56.4 Å². The van der Waals surface area contributed by atoms with Crippen LogP contribution in [-0.2, 0) is 4.79 Å². The number of amides is 1. The first kappa shape index (κ1) is 20.7. The lowest BCUT2D eigenvalue weighted by Gasteiger charge is -2.14. The van der Waals surface area contributed by atoms with Gasteiger partial charge in [-0.15, -0.1) is 10.2 Å². The van der Waals surface area contributed by atoms with Crippen LogP contribution >= 0.6 is 11.8 Å². The zero-order valence-electron chi connectivity index (χ0n) is 17.4. The Labute approximate surface area is 184 Å². The molecular formula is C22H21N7OS. The van der Waals surface area contributed by atoms with Crippen LogP contribution < -0.4 is 5.32 Å². The van der Waals surface area contributed by atoms with E-state index in [1.54, 1.807) is 30.9 Å². The van der Waals surface area contributed by atoms with Gasteiger partial charge in [-0.2, -0.15) is 0 Å². The van der Waals surface area contributed by atoms with Gasteiger partial charge < -0.3 is 0 Å². The van der Waals surface area contributed by atoms with Crippen molar-refractivity contribution in [3.8, 4) is 17.1 Å². The number of rotatable bonds is 6. The normalized spacial score (nSPS) is 11.8. The molecule has 0 saturated carbocycles. The number of aromatic nitrogens is 6. The second-order valence-corrected chi connectivity index (χ2v) is 8.28. The molecule has 3 aromatic heterocycles. The van der Waals surface area contributed by atoms with Crippen LogP contribution in [-0.4, -0.2) is 40.9 Å². The third kappa shape index (κ3) is 4.61. The molecule has 0 aliphatic carbocycles. The minimum Gasteiger partial charge on any atom is -0.294 e. The van der Waals surface area contributed by atoms with Crippen molar-refractivity contribution in [3.05, 3.63) is 72.3 Å². The summed E-state index contributed by atoms with van der Waals surface area (Å²) in [5.41, 5.74) is 4.19. The van der Waals surface area contributed by atoms with Crippen molar-refractivity contribution in [2.75, 3.05) is 5.32 Å². The van der Waals surface area contributed by atoms with Gasteiger partial charge in [0.05, 0.1) is 10.9 Å². The van der Waals surface area contributed by atoms with Crippen LogP contribution in [0, 0.1) is 13.8 Å². The molecule has 1 N–H and O–H groups in total. The maximum atomic E-state index is 12.7. The van der Waals surface area contributed by atoms with Crippen LogP contribution in [0.4, 0.5) is 5.95 Å². The maximum Gasteiger partial charge on any atom is 0.240 e. The number of thioether (sulfide) groups is 1. The smallest absolute Gasteiger partial charge is 0.240 e. The van der Waals surface area contributed by atoms with Crippen LogP contribution in [0.1, 0.15) is 18.1 Å². The zero-order valence-corrected chi connectivity index (χ0v) is 18.2. The number of nitrogens with one attached hydrogen (secondary N) is 1. The third-order valence-corrected chi connectivity index (χ3v) is 5.82.